The van der Waals surface area contributed by atoms with Crippen LogP contribution in [0.25, 0.3) is 4.91 Å². The molecule has 0 aromatic heterocycles. The fourth-order valence-electron chi connectivity index (χ4n) is 3.62. The van der Waals surface area contributed by atoms with E-state index in [0.29, 0.717) is 21.9 Å². The van der Waals surface area contributed by atoms with Crippen LogP contribution in [0.2, 0.25) is 5.02 Å². The van der Waals surface area contributed by atoms with Gasteiger partial charge in [0.2, 0.25) is 0 Å². The quantitative estimate of drug-likeness (QED) is 0.348. The van der Waals surface area contributed by atoms with E-state index in [1.807, 2.05) is 42.5 Å². The number of hydrogen-bond donors (Lipinski definition) is 2. The third-order valence-electron chi connectivity index (χ3n) is 5.37. The molecule has 4 rings (SSSR count). The van der Waals surface area contributed by atoms with Gasteiger partial charge in [0.1, 0.15) is 5.70 Å². The highest BCUT2D eigenvalue weighted by atomic mass is 35.5. The summed E-state index contributed by atoms with van der Waals surface area (Å²) < 4.78 is 23.9. The van der Waals surface area contributed by atoms with Crippen LogP contribution in [0.3, 0.4) is 0 Å². The predicted octanol–water partition coefficient (Wildman–Crippen LogP) is 4.53. The third kappa shape index (κ3) is 6.75. The maximum absolute atomic E-state index is 13.5. The molecule has 0 radical (unpaired) electrons. The minimum atomic E-state index is -3.19. The van der Waals surface area contributed by atoms with E-state index in [9.17, 15) is 18.0 Å². The first kappa shape index (κ1) is 25.0. The minimum Gasteiger partial charge on any atom is -0.347 e. The molecule has 1 saturated heterocycles. The van der Waals surface area contributed by atoms with E-state index in [1.165, 1.54) is 11.8 Å². The van der Waals surface area contributed by atoms with E-state index in [4.69, 9.17) is 11.6 Å². The van der Waals surface area contributed by atoms with E-state index in [0.717, 1.165) is 10.5 Å². The first-order valence-electron chi connectivity index (χ1n) is 10.9. The molecule has 1 atom stereocenters. The van der Waals surface area contributed by atoms with Gasteiger partial charge >= 0.3 is 0 Å². The topological polar surface area (TPSA) is 92.3 Å². The molecule has 6 nitrogen and oxygen atoms in total. The van der Waals surface area contributed by atoms with Crippen molar-refractivity contribution < 1.29 is 18.0 Å². The highest BCUT2D eigenvalue weighted by Crippen LogP contribution is 2.37. The Labute approximate surface area is 213 Å². The fourth-order valence-corrected chi connectivity index (χ4v) is 6.43. The number of halogens is 1. The summed E-state index contributed by atoms with van der Waals surface area (Å²) in [6.07, 6.45) is 0.332. The second-order valence-corrected chi connectivity index (χ2v) is 11.8. The Balaban J connectivity index is 1.76. The number of hydrogen-bond acceptors (Lipinski definition) is 5. The molecular weight excluding hydrogens is 504 g/mol. The molecule has 0 spiro atoms. The highest BCUT2D eigenvalue weighted by Gasteiger charge is 2.31. The van der Waals surface area contributed by atoms with Gasteiger partial charge in [-0.05, 0) is 48.4 Å². The summed E-state index contributed by atoms with van der Waals surface area (Å²) in [5.41, 5.74) is 1.17. The second kappa shape index (κ2) is 11.1. The van der Waals surface area contributed by atoms with E-state index in [2.05, 4.69) is 10.6 Å². The summed E-state index contributed by atoms with van der Waals surface area (Å²) in [5, 5.41) is 6.18. The summed E-state index contributed by atoms with van der Waals surface area (Å²) in [7, 11) is -3.19. The molecule has 0 aliphatic carbocycles. The van der Waals surface area contributed by atoms with Gasteiger partial charge in [-0.2, -0.15) is 0 Å². The van der Waals surface area contributed by atoms with Crippen molar-refractivity contribution in [2.45, 2.75) is 17.4 Å². The molecule has 35 heavy (non-hydrogen) atoms. The smallest absolute Gasteiger partial charge is 0.269 e. The number of thioether (sulfide) groups is 1. The molecule has 1 fully saturated rings. The average molecular weight is 527 g/mol. The van der Waals surface area contributed by atoms with Crippen LogP contribution in [0, 0.1) is 0 Å². The van der Waals surface area contributed by atoms with Crippen molar-refractivity contribution in [3.63, 3.8) is 0 Å². The Kier molecular flexibility index (Phi) is 7.95. The number of carbonyl (C=O) groups excluding carboxylic acids is 2. The lowest BCUT2D eigenvalue weighted by atomic mass is 10.1. The lowest BCUT2D eigenvalue weighted by Gasteiger charge is -2.19. The van der Waals surface area contributed by atoms with Crippen molar-refractivity contribution in [2.24, 2.45) is 0 Å². The van der Waals surface area contributed by atoms with Crippen molar-refractivity contribution >= 4 is 49.9 Å². The molecule has 0 unspecified atom stereocenters. The van der Waals surface area contributed by atoms with Gasteiger partial charge in [-0.15, -0.1) is 0 Å². The molecule has 2 amide bonds. The number of amides is 2. The SMILES string of the molecule is O=C(N[C@@H]1CCS(=O)(=O)C1)/C(NC(=O)c1ccccc1)=C(\Sc1ccc(Cl)cc1)c1ccccc1. The van der Waals surface area contributed by atoms with Crippen LogP contribution in [0.15, 0.2) is 95.5 Å². The van der Waals surface area contributed by atoms with Crippen LogP contribution in [-0.2, 0) is 14.6 Å². The number of carbonyl (C=O) groups is 2. The zero-order valence-electron chi connectivity index (χ0n) is 18.6. The van der Waals surface area contributed by atoms with Gasteiger partial charge in [0.15, 0.2) is 9.84 Å². The average Bonchev–Trinajstić information content (AvgIpc) is 3.21. The standard InChI is InChI=1S/C26H23ClN2O4S2/c27-20-11-13-22(14-12-20)34-24(18-7-3-1-4-8-18)23(29-25(30)19-9-5-2-6-10-19)26(31)28-21-15-16-35(32,33)17-21/h1-14,21H,15-17H2,(H,28,31)(H,29,30)/b24-23+/t21-/m1/s1. The van der Waals surface area contributed by atoms with Gasteiger partial charge < -0.3 is 10.6 Å². The van der Waals surface area contributed by atoms with Crippen LogP contribution in [0.1, 0.15) is 22.3 Å². The van der Waals surface area contributed by atoms with Gasteiger partial charge in [-0.1, -0.05) is 71.9 Å². The van der Waals surface area contributed by atoms with E-state index in [1.54, 1.807) is 42.5 Å². The molecular formula is C26H23ClN2O4S2. The molecule has 2 N–H and O–H groups in total. The molecule has 3 aromatic carbocycles. The van der Waals surface area contributed by atoms with Crippen LogP contribution in [0.5, 0.6) is 0 Å². The van der Waals surface area contributed by atoms with E-state index >= 15 is 0 Å². The van der Waals surface area contributed by atoms with Gasteiger partial charge in [0, 0.05) is 26.4 Å². The molecule has 0 bridgehead atoms. The first-order chi connectivity index (χ1) is 16.8. The molecule has 1 aliphatic rings. The number of benzene rings is 3. The fraction of sp³-hybridized carbons (Fsp3) is 0.154. The molecule has 180 valence electrons. The van der Waals surface area contributed by atoms with Gasteiger partial charge in [0.05, 0.1) is 11.5 Å². The Bertz CT molecular complexity index is 1340. The summed E-state index contributed by atoms with van der Waals surface area (Å²) in [4.78, 5) is 27.9. The number of nitrogens with one attached hydrogen (secondary N) is 2. The second-order valence-electron chi connectivity index (χ2n) is 8.02. The summed E-state index contributed by atoms with van der Waals surface area (Å²) >= 11 is 7.35. The van der Waals surface area contributed by atoms with Crippen LogP contribution >= 0.6 is 23.4 Å². The zero-order chi connectivity index (χ0) is 24.8. The lowest BCUT2D eigenvalue weighted by Crippen LogP contribution is -2.41. The normalized spacial score (nSPS) is 17.3. The van der Waals surface area contributed by atoms with Crippen molar-refractivity contribution in [3.05, 3.63) is 107 Å². The lowest BCUT2D eigenvalue weighted by molar-refractivity contribution is -0.118. The zero-order valence-corrected chi connectivity index (χ0v) is 21.0. The van der Waals surface area contributed by atoms with Crippen molar-refractivity contribution in [2.75, 3.05) is 11.5 Å². The van der Waals surface area contributed by atoms with Crippen molar-refractivity contribution in [3.8, 4) is 0 Å². The minimum absolute atomic E-state index is 0.0262. The van der Waals surface area contributed by atoms with Crippen LogP contribution < -0.4 is 10.6 Å². The molecule has 9 heteroatoms. The van der Waals surface area contributed by atoms with E-state index < -0.39 is 27.7 Å². The first-order valence-corrected chi connectivity index (χ1v) is 13.9. The Hall–Kier alpha value is -3.07. The maximum atomic E-state index is 13.5. The highest BCUT2D eigenvalue weighted by molar-refractivity contribution is 8.08. The van der Waals surface area contributed by atoms with Gasteiger partial charge in [-0.25, -0.2) is 8.42 Å². The van der Waals surface area contributed by atoms with Crippen molar-refractivity contribution in [1.82, 2.24) is 10.6 Å². The summed E-state index contributed by atoms with van der Waals surface area (Å²) in [5.74, 6) is -1.08. The van der Waals surface area contributed by atoms with Gasteiger partial charge in [0.25, 0.3) is 11.8 Å². The molecule has 1 heterocycles. The maximum Gasteiger partial charge on any atom is 0.269 e. The molecule has 0 saturated carbocycles. The number of rotatable bonds is 7. The third-order valence-corrected chi connectivity index (χ3v) is 8.54. The molecule has 3 aromatic rings. The Morgan fingerprint density at radius 1 is 0.857 bits per heavy atom. The largest absolute Gasteiger partial charge is 0.347 e. The summed E-state index contributed by atoms with van der Waals surface area (Å²) in [6.45, 7) is 0. The molecule has 1 aliphatic heterocycles. The number of sulfone groups is 1. The van der Waals surface area contributed by atoms with Crippen LogP contribution in [0.4, 0.5) is 0 Å². The monoisotopic (exact) mass is 526 g/mol. The Morgan fingerprint density at radius 2 is 1.46 bits per heavy atom. The van der Waals surface area contributed by atoms with Crippen molar-refractivity contribution in [1.29, 1.82) is 0 Å². The van der Waals surface area contributed by atoms with Crippen LogP contribution in [-0.4, -0.2) is 37.8 Å². The summed E-state index contributed by atoms with van der Waals surface area (Å²) in [6, 6.07) is 24.5. The predicted molar refractivity (Wildman–Crippen MR) is 140 cm³/mol. The van der Waals surface area contributed by atoms with E-state index in [-0.39, 0.29) is 17.2 Å². The van der Waals surface area contributed by atoms with Gasteiger partial charge in [-0.3, -0.25) is 9.59 Å². The Morgan fingerprint density at radius 3 is 2.03 bits per heavy atom.